The normalized spacial score (nSPS) is 11.1. The van der Waals surface area contributed by atoms with E-state index in [1.54, 1.807) is 44.4 Å². The number of hydrogen-bond acceptors (Lipinski definition) is 10. The summed E-state index contributed by atoms with van der Waals surface area (Å²) in [7, 11) is 5.43. The molecule has 0 atom stereocenters. The third kappa shape index (κ3) is 8.02. The molecule has 0 fully saturated rings. The van der Waals surface area contributed by atoms with Crippen LogP contribution in [0, 0.1) is 0 Å². The summed E-state index contributed by atoms with van der Waals surface area (Å²) < 4.78 is 31.9. The first-order valence-electron chi connectivity index (χ1n) is 13.0. The molecule has 0 unspecified atom stereocenters. The number of methoxy groups -OCH3 is 1. The maximum absolute atomic E-state index is 12.5. The minimum Gasteiger partial charge on any atom is -0.494 e. The predicted molar refractivity (Wildman–Crippen MR) is 172 cm³/mol. The Morgan fingerprint density at radius 2 is 1.76 bits per heavy atom. The van der Waals surface area contributed by atoms with E-state index >= 15 is 0 Å². The Bertz CT molecular complexity index is 1530. The first-order chi connectivity index (χ1) is 19.9. The van der Waals surface area contributed by atoms with Crippen molar-refractivity contribution >= 4 is 67.7 Å². The third-order valence-corrected chi connectivity index (χ3v) is 8.36. The van der Waals surface area contributed by atoms with Gasteiger partial charge in [-0.25, -0.2) is 13.4 Å². The standard InChI is InChI=1S/C28H37ClN8O4S/c1-8-26(38)31-21-16-22(25(41-7)17-24(21)36(5)15-14-35(3)4)33-28-30-18-19(29)27(34-28)32-20-12-10-11-13-23(20)37(6)42(39,40)9-2/h8,10-13,16-18H,1,9,14-15H2,2-7H3,(H,31,38)(H2,30,32,33,34). The number of benzene rings is 2. The summed E-state index contributed by atoms with van der Waals surface area (Å²) in [6.07, 6.45) is 2.62. The number of hydrogen-bond donors (Lipinski definition) is 3. The van der Waals surface area contributed by atoms with Gasteiger partial charge in [-0.1, -0.05) is 30.3 Å². The topological polar surface area (TPSA) is 132 Å². The zero-order chi connectivity index (χ0) is 31.0. The number of aromatic nitrogens is 2. The Morgan fingerprint density at radius 3 is 2.40 bits per heavy atom. The molecule has 0 spiro atoms. The van der Waals surface area contributed by atoms with Crippen LogP contribution in [0.2, 0.25) is 5.02 Å². The first-order valence-corrected chi connectivity index (χ1v) is 15.0. The molecular weight excluding hydrogens is 580 g/mol. The van der Waals surface area contributed by atoms with Crippen molar-refractivity contribution in [1.29, 1.82) is 0 Å². The van der Waals surface area contributed by atoms with E-state index < -0.39 is 10.0 Å². The van der Waals surface area contributed by atoms with E-state index in [9.17, 15) is 13.2 Å². The van der Waals surface area contributed by atoms with E-state index in [1.807, 2.05) is 32.1 Å². The Balaban J connectivity index is 1.99. The van der Waals surface area contributed by atoms with Crippen LogP contribution in [0.5, 0.6) is 5.75 Å². The molecule has 3 N–H and O–H groups in total. The number of rotatable bonds is 14. The number of anilines is 7. The van der Waals surface area contributed by atoms with Gasteiger partial charge in [-0.3, -0.25) is 9.10 Å². The van der Waals surface area contributed by atoms with Gasteiger partial charge >= 0.3 is 0 Å². The molecule has 1 amide bonds. The molecule has 3 aromatic rings. The van der Waals surface area contributed by atoms with Gasteiger partial charge in [0.2, 0.25) is 21.9 Å². The molecule has 42 heavy (non-hydrogen) atoms. The maximum Gasteiger partial charge on any atom is 0.247 e. The van der Waals surface area contributed by atoms with Crippen LogP contribution in [0.3, 0.4) is 0 Å². The first kappa shape index (κ1) is 32.4. The van der Waals surface area contributed by atoms with E-state index in [4.69, 9.17) is 16.3 Å². The van der Waals surface area contributed by atoms with Crippen molar-refractivity contribution in [3.8, 4) is 5.75 Å². The second-order valence-corrected chi connectivity index (χ2v) is 12.2. The van der Waals surface area contributed by atoms with Crippen LogP contribution in [0.1, 0.15) is 6.92 Å². The molecule has 0 saturated carbocycles. The zero-order valence-corrected chi connectivity index (χ0v) is 26.2. The Kier molecular flexibility index (Phi) is 11.0. The highest BCUT2D eigenvalue weighted by atomic mass is 35.5. The van der Waals surface area contributed by atoms with Gasteiger partial charge in [-0.2, -0.15) is 4.98 Å². The van der Waals surface area contributed by atoms with Crippen LogP contribution < -0.4 is 29.9 Å². The van der Waals surface area contributed by atoms with Crippen LogP contribution in [0.15, 0.2) is 55.3 Å². The molecule has 0 saturated heterocycles. The number of carbonyl (C=O) groups is 1. The number of amides is 1. The fraction of sp³-hybridized carbons (Fsp3) is 0.321. The van der Waals surface area contributed by atoms with E-state index in [1.165, 1.54) is 23.6 Å². The lowest BCUT2D eigenvalue weighted by Gasteiger charge is -2.26. The van der Waals surface area contributed by atoms with Gasteiger partial charge in [0.1, 0.15) is 10.8 Å². The number of ether oxygens (including phenoxy) is 1. The van der Waals surface area contributed by atoms with Crippen molar-refractivity contribution in [2.24, 2.45) is 0 Å². The average Bonchev–Trinajstić information content (AvgIpc) is 2.97. The molecule has 14 heteroatoms. The average molecular weight is 617 g/mol. The molecule has 12 nitrogen and oxygen atoms in total. The minimum atomic E-state index is -3.51. The summed E-state index contributed by atoms with van der Waals surface area (Å²) in [6, 6.07) is 10.5. The van der Waals surface area contributed by atoms with Crippen LogP contribution in [0.25, 0.3) is 0 Å². The number of nitrogens with one attached hydrogen (secondary N) is 3. The number of sulfonamides is 1. The molecule has 0 aliphatic carbocycles. The molecule has 3 rings (SSSR count). The zero-order valence-electron chi connectivity index (χ0n) is 24.6. The van der Waals surface area contributed by atoms with Gasteiger partial charge in [-0.15, -0.1) is 0 Å². The maximum atomic E-state index is 12.5. The molecule has 0 aliphatic rings. The van der Waals surface area contributed by atoms with Crippen LogP contribution >= 0.6 is 11.6 Å². The van der Waals surface area contributed by atoms with Gasteiger partial charge in [0.15, 0.2) is 5.82 Å². The SMILES string of the molecule is C=CC(=O)Nc1cc(Nc2ncc(Cl)c(Nc3ccccc3N(C)S(=O)(=O)CC)n2)c(OC)cc1N(C)CCN(C)C. The molecule has 0 aliphatic heterocycles. The lowest BCUT2D eigenvalue weighted by molar-refractivity contribution is -0.111. The van der Waals surface area contributed by atoms with E-state index in [-0.39, 0.29) is 28.4 Å². The van der Waals surface area contributed by atoms with Crippen LogP contribution in [-0.2, 0) is 14.8 Å². The Labute approximate surface area is 252 Å². The summed E-state index contributed by atoms with van der Waals surface area (Å²) in [6.45, 7) is 6.63. The summed E-state index contributed by atoms with van der Waals surface area (Å²) in [4.78, 5) is 25.2. The fourth-order valence-corrected chi connectivity index (χ4v) is 4.85. The van der Waals surface area contributed by atoms with E-state index in [2.05, 4.69) is 37.4 Å². The highest BCUT2D eigenvalue weighted by Gasteiger charge is 2.20. The number of likely N-dealkylation sites (N-methyl/N-ethyl adjacent to an activating group) is 2. The molecule has 0 bridgehead atoms. The Hall–Kier alpha value is -4.07. The molecule has 1 heterocycles. The second kappa shape index (κ2) is 14.2. The van der Waals surface area contributed by atoms with Crippen LogP contribution in [-0.4, -0.2) is 83.3 Å². The highest BCUT2D eigenvalue weighted by molar-refractivity contribution is 7.92. The number of para-hydroxylation sites is 2. The summed E-state index contributed by atoms with van der Waals surface area (Å²) in [5, 5.41) is 9.35. The largest absolute Gasteiger partial charge is 0.494 e. The van der Waals surface area contributed by atoms with Crippen molar-refractivity contribution in [2.45, 2.75) is 6.92 Å². The van der Waals surface area contributed by atoms with E-state index in [0.29, 0.717) is 35.0 Å². The van der Waals surface area contributed by atoms with Gasteiger partial charge in [0, 0.05) is 33.3 Å². The molecule has 1 aromatic heterocycles. The van der Waals surface area contributed by atoms with Crippen molar-refractivity contribution in [1.82, 2.24) is 14.9 Å². The smallest absolute Gasteiger partial charge is 0.247 e. The van der Waals surface area contributed by atoms with Crippen molar-refractivity contribution in [3.63, 3.8) is 0 Å². The number of nitrogens with zero attached hydrogens (tertiary/aromatic N) is 5. The second-order valence-electron chi connectivity index (χ2n) is 9.51. The van der Waals surface area contributed by atoms with Crippen molar-refractivity contribution in [3.05, 3.63) is 60.3 Å². The van der Waals surface area contributed by atoms with Crippen molar-refractivity contribution in [2.75, 3.05) is 79.3 Å². The van der Waals surface area contributed by atoms with Crippen molar-refractivity contribution < 1.29 is 17.9 Å². The molecule has 0 radical (unpaired) electrons. The lowest BCUT2D eigenvalue weighted by atomic mass is 10.2. The summed E-state index contributed by atoms with van der Waals surface area (Å²) in [5.74, 6) is 0.506. The van der Waals surface area contributed by atoms with Gasteiger partial charge in [0.25, 0.3) is 0 Å². The highest BCUT2D eigenvalue weighted by Crippen LogP contribution is 2.38. The molecule has 2 aromatic carbocycles. The summed E-state index contributed by atoms with van der Waals surface area (Å²) in [5.41, 5.74) is 2.69. The van der Waals surface area contributed by atoms with Crippen LogP contribution in [0.4, 0.5) is 40.2 Å². The van der Waals surface area contributed by atoms with Gasteiger partial charge < -0.3 is 30.5 Å². The lowest BCUT2D eigenvalue weighted by Crippen LogP contribution is -2.29. The van der Waals surface area contributed by atoms with E-state index in [0.717, 1.165) is 12.2 Å². The van der Waals surface area contributed by atoms with Gasteiger partial charge in [-0.05, 0) is 45.3 Å². The minimum absolute atomic E-state index is 0.0541. The predicted octanol–water partition coefficient (Wildman–Crippen LogP) is 4.53. The molecule has 226 valence electrons. The van der Waals surface area contributed by atoms with Gasteiger partial charge in [0.05, 0.1) is 47.5 Å². The number of carbonyl (C=O) groups excluding carboxylic acids is 1. The monoisotopic (exact) mass is 616 g/mol. The number of halogens is 1. The third-order valence-electron chi connectivity index (χ3n) is 6.32. The Morgan fingerprint density at radius 1 is 1.05 bits per heavy atom. The fourth-order valence-electron chi connectivity index (χ4n) is 3.87. The summed E-state index contributed by atoms with van der Waals surface area (Å²) >= 11 is 6.43. The molecular formula is C28H37ClN8O4S. The quantitative estimate of drug-likeness (QED) is 0.222.